The number of hydrogen-bond acceptors (Lipinski definition) is 6. The van der Waals surface area contributed by atoms with Gasteiger partial charge in [0.05, 0.1) is 4.92 Å². The maximum absolute atomic E-state index is 12.2. The summed E-state index contributed by atoms with van der Waals surface area (Å²) in [4.78, 5) is 22.6. The van der Waals surface area contributed by atoms with Gasteiger partial charge in [0, 0.05) is 23.6 Å². The zero-order valence-electron chi connectivity index (χ0n) is 12.4. The minimum Gasteiger partial charge on any atom is -0.300 e. The molecule has 3 rings (SSSR count). The van der Waals surface area contributed by atoms with E-state index < -0.39 is 4.92 Å². The van der Waals surface area contributed by atoms with Gasteiger partial charge in [0.2, 0.25) is 11.0 Å². The van der Waals surface area contributed by atoms with Gasteiger partial charge in [-0.2, -0.15) is 0 Å². The Labute approximate surface area is 136 Å². The number of nitro benzene ring substituents is 1. The fourth-order valence-electron chi connectivity index (χ4n) is 2.72. The van der Waals surface area contributed by atoms with Crippen LogP contribution >= 0.6 is 11.3 Å². The zero-order valence-corrected chi connectivity index (χ0v) is 13.2. The fourth-order valence-corrected chi connectivity index (χ4v) is 3.46. The molecule has 1 aromatic heterocycles. The third-order valence-electron chi connectivity index (χ3n) is 3.94. The first-order valence-electron chi connectivity index (χ1n) is 7.52. The Hall–Kier alpha value is -2.35. The van der Waals surface area contributed by atoms with Crippen molar-refractivity contribution in [3.8, 4) is 10.6 Å². The summed E-state index contributed by atoms with van der Waals surface area (Å²) in [5.41, 5.74) is 0.625. The zero-order chi connectivity index (χ0) is 16.2. The lowest BCUT2D eigenvalue weighted by Crippen LogP contribution is -2.24. The van der Waals surface area contributed by atoms with Crippen LogP contribution in [0, 0.1) is 16.0 Å². The molecule has 1 aliphatic rings. The Morgan fingerprint density at radius 3 is 2.78 bits per heavy atom. The number of nitrogens with one attached hydrogen (secondary N) is 1. The summed E-state index contributed by atoms with van der Waals surface area (Å²) in [5.74, 6) is 0.0420. The maximum Gasteiger partial charge on any atom is 0.270 e. The molecule has 7 nitrogen and oxygen atoms in total. The summed E-state index contributed by atoms with van der Waals surface area (Å²) < 4.78 is 0. The summed E-state index contributed by atoms with van der Waals surface area (Å²) in [6.07, 6.45) is 5.21. The van der Waals surface area contributed by atoms with Gasteiger partial charge >= 0.3 is 0 Å². The van der Waals surface area contributed by atoms with Gasteiger partial charge in [-0.1, -0.05) is 42.7 Å². The largest absolute Gasteiger partial charge is 0.300 e. The van der Waals surface area contributed by atoms with Gasteiger partial charge in [-0.3, -0.25) is 14.9 Å². The van der Waals surface area contributed by atoms with Crippen LogP contribution in [0.5, 0.6) is 0 Å². The van der Waals surface area contributed by atoms with Crippen molar-refractivity contribution >= 4 is 28.1 Å². The van der Waals surface area contributed by atoms with E-state index in [1.807, 2.05) is 0 Å². The number of nitrogens with zero attached hydrogens (tertiary/aromatic N) is 3. The maximum atomic E-state index is 12.2. The number of nitro groups is 1. The molecular formula is C15H16N4O3S. The van der Waals surface area contributed by atoms with Crippen LogP contribution < -0.4 is 5.32 Å². The number of anilines is 1. The second-order valence-electron chi connectivity index (χ2n) is 5.54. The van der Waals surface area contributed by atoms with E-state index in [2.05, 4.69) is 15.5 Å². The normalized spacial score (nSPS) is 15.3. The summed E-state index contributed by atoms with van der Waals surface area (Å²) >= 11 is 1.22. The summed E-state index contributed by atoms with van der Waals surface area (Å²) in [7, 11) is 0. The quantitative estimate of drug-likeness (QED) is 0.681. The molecule has 2 aromatic rings. The first kappa shape index (κ1) is 15.5. The van der Waals surface area contributed by atoms with Crippen LogP contribution in [-0.4, -0.2) is 21.0 Å². The molecule has 0 spiro atoms. The highest BCUT2D eigenvalue weighted by Gasteiger charge is 2.22. The monoisotopic (exact) mass is 332 g/mol. The molecule has 1 heterocycles. The Bertz CT molecular complexity index is 725. The molecule has 1 N–H and O–H groups in total. The number of carbonyl (C=O) groups excluding carboxylic acids is 1. The molecule has 0 saturated heterocycles. The van der Waals surface area contributed by atoms with Gasteiger partial charge in [-0.15, -0.1) is 10.2 Å². The molecule has 0 bridgehead atoms. The predicted molar refractivity (Wildman–Crippen MR) is 87.2 cm³/mol. The molecule has 0 aliphatic heterocycles. The molecule has 1 fully saturated rings. The SMILES string of the molecule is O=C(Nc1nnc(-c2cccc([N+](=O)[O-])c2)s1)C1CCCCC1. The van der Waals surface area contributed by atoms with Gasteiger partial charge in [-0.05, 0) is 12.8 Å². The van der Waals surface area contributed by atoms with E-state index in [9.17, 15) is 14.9 Å². The molecule has 1 amide bonds. The van der Waals surface area contributed by atoms with E-state index in [-0.39, 0.29) is 17.5 Å². The standard InChI is InChI=1S/C15H16N4O3S/c20-13(10-5-2-1-3-6-10)16-15-18-17-14(23-15)11-7-4-8-12(9-11)19(21)22/h4,7-10H,1-3,5-6H2,(H,16,18,20). The van der Waals surface area contributed by atoms with Crippen molar-refractivity contribution < 1.29 is 9.72 Å². The molecule has 0 atom stereocenters. The van der Waals surface area contributed by atoms with Crippen LogP contribution in [-0.2, 0) is 4.79 Å². The van der Waals surface area contributed by atoms with Crippen molar-refractivity contribution in [1.82, 2.24) is 10.2 Å². The minimum atomic E-state index is -0.448. The highest BCUT2D eigenvalue weighted by atomic mass is 32.1. The summed E-state index contributed by atoms with van der Waals surface area (Å²) in [6.45, 7) is 0. The average molecular weight is 332 g/mol. The molecule has 23 heavy (non-hydrogen) atoms. The van der Waals surface area contributed by atoms with Crippen molar-refractivity contribution in [1.29, 1.82) is 0 Å². The molecule has 1 saturated carbocycles. The molecule has 8 heteroatoms. The number of benzene rings is 1. The van der Waals surface area contributed by atoms with Crippen molar-refractivity contribution in [3.05, 3.63) is 34.4 Å². The number of hydrogen-bond donors (Lipinski definition) is 1. The van der Waals surface area contributed by atoms with Gasteiger partial charge in [0.25, 0.3) is 5.69 Å². The smallest absolute Gasteiger partial charge is 0.270 e. The Balaban J connectivity index is 1.71. The van der Waals surface area contributed by atoms with Crippen molar-refractivity contribution in [3.63, 3.8) is 0 Å². The molecule has 1 aromatic carbocycles. The Morgan fingerprint density at radius 2 is 2.04 bits per heavy atom. The predicted octanol–water partition coefficient (Wildman–Crippen LogP) is 3.63. The second kappa shape index (κ2) is 6.82. The van der Waals surface area contributed by atoms with Crippen LogP contribution in [0.15, 0.2) is 24.3 Å². The lowest BCUT2D eigenvalue weighted by molar-refractivity contribution is -0.384. The summed E-state index contributed by atoms with van der Waals surface area (Å²) in [6, 6.07) is 6.22. The fraction of sp³-hybridized carbons (Fsp3) is 0.400. The van der Waals surface area contributed by atoms with E-state index in [1.165, 1.54) is 29.9 Å². The summed E-state index contributed by atoms with van der Waals surface area (Å²) in [5, 5.41) is 22.6. The van der Waals surface area contributed by atoms with Crippen molar-refractivity contribution in [2.45, 2.75) is 32.1 Å². The van der Waals surface area contributed by atoms with Gasteiger partial charge < -0.3 is 5.32 Å². The number of non-ortho nitro benzene ring substituents is 1. The number of rotatable bonds is 4. The number of carbonyl (C=O) groups is 1. The molecule has 1 aliphatic carbocycles. The lowest BCUT2D eigenvalue weighted by atomic mass is 9.89. The topological polar surface area (TPSA) is 98.0 Å². The first-order valence-corrected chi connectivity index (χ1v) is 8.34. The van der Waals surface area contributed by atoms with Crippen molar-refractivity contribution in [2.75, 3.05) is 5.32 Å². The second-order valence-corrected chi connectivity index (χ2v) is 6.52. The molecule has 0 unspecified atom stereocenters. The van der Waals surface area contributed by atoms with E-state index in [4.69, 9.17) is 0 Å². The van der Waals surface area contributed by atoms with Crippen LogP contribution in [0.1, 0.15) is 32.1 Å². The third-order valence-corrected chi connectivity index (χ3v) is 4.82. The number of amides is 1. The molecule has 0 radical (unpaired) electrons. The highest BCUT2D eigenvalue weighted by Crippen LogP contribution is 2.30. The van der Waals surface area contributed by atoms with Crippen molar-refractivity contribution in [2.24, 2.45) is 5.92 Å². The van der Waals surface area contributed by atoms with Gasteiger partial charge in [-0.25, -0.2) is 0 Å². The number of aromatic nitrogens is 2. The van der Waals surface area contributed by atoms with Gasteiger partial charge in [0.15, 0.2) is 0 Å². The van der Waals surface area contributed by atoms with E-state index >= 15 is 0 Å². The van der Waals surface area contributed by atoms with Crippen LogP contribution in [0.4, 0.5) is 10.8 Å². The first-order chi connectivity index (χ1) is 11.1. The van der Waals surface area contributed by atoms with Crippen LogP contribution in [0.25, 0.3) is 10.6 Å². The van der Waals surface area contributed by atoms with Gasteiger partial charge in [0.1, 0.15) is 5.01 Å². The highest BCUT2D eigenvalue weighted by molar-refractivity contribution is 7.18. The van der Waals surface area contributed by atoms with Crippen LogP contribution in [0.3, 0.4) is 0 Å². The molecule has 120 valence electrons. The Kier molecular flexibility index (Phi) is 4.61. The van der Waals surface area contributed by atoms with E-state index in [1.54, 1.807) is 12.1 Å². The minimum absolute atomic E-state index is 0.00508. The lowest BCUT2D eigenvalue weighted by Gasteiger charge is -2.19. The molecular weight excluding hydrogens is 316 g/mol. The average Bonchev–Trinajstić information content (AvgIpc) is 3.04. The van der Waals surface area contributed by atoms with E-state index in [0.717, 1.165) is 25.7 Å². The van der Waals surface area contributed by atoms with E-state index in [0.29, 0.717) is 15.7 Å². The van der Waals surface area contributed by atoms with Crippen LogP contribution in [0.2, 0.25) is 0 Å². The Morgan fingerprint density at radius 1 is 1.26 bits per heavy atom. The third kappa shape index (κ3) is 3.70.